The second kappa shape index (κ2) is 49.4. The SMILES string of the molecule is CCC(C)[C@H](NC(=O)[C@@H](CC(=O)[C@@H]1CCCN1C(=O)[C@H](CCCN=C(N)N)CC(=O)[C@H](CCCN=C(N)N)NC(=O)[C@@H]1CCCN1C(=O)[C@H](CCCCN)NC(=O)C(CC(N)=O)CC(=O)[C@H](CCC(=O)O)NC(=O)[C@@H](CC(=O)[C@H](CC(C)C)NC(=O)[C@@H]1CCC(=O)N1)Cc1ccc(O)cc1)Cc1ccc(O)cc1)C(=O)C[C@@H](CC(C)C)C(=O)O. The van der Waals surface area contributed by atoms with Crippen LogP contribution in [0, 0.1) is 47.3 Å². The van der Waals surface area contributed by atoms with Crippen molar-refractivity contribution in [2.24, 2.45) is 91.7 Å². The van der Waals surface area contributed by atoms with Crippen molar-refractivity contribution in [3.05, 3.63) is 59.7 Å². The van der Waals surface area contributed by atoms with E-state index in [2.05, 4.69) is 41.9 Å². The number of likely N-dealkylation sites (tertiary alicyclic amines) is 2. The van der Waals surface area contributed by atoms with Gasteiger partial charge in [0.05, 0.1) is 42.0 Å². The Labute approximate surface area is 694 Å². The van der Waals surface area contributed by atoms with E-state index in [0.717, 1.165) is 0 Å². The van der Waals surface area contributed by atoms with Crippen molar-refractivity contribution >= 4 is 106 Å². The third-order valence-electron chi connectivity index (χ3n) is 22.0. The lowest BCUT2D eigenvalue weighted by molar-refractivity contribution is -0.145. The van der Waals surface area contributed by atoms with E-state index in [1.807, 2.05) is 20.8 Å². The van der Waals surface area contributed by atoms with Crippen molar-refractivity contribution in [1.29, 1.82) is 0 Å². The monoisotopic (exact) mass is 1670 g/mol. The summed E-state index contributed by atoms with van der Waals surface area (Å²) < 4.78 is 0. The minimum absolute atomic E-state index is 0.00963. The van der Waals surface area contributed by atoms with Crippen LogP contribution in [0.5, 0.6) is 11.5 Å². The number of unbranched alkanes of at least 4 members (excludes halogenated alkanes) is 1. The summed E-state index contributed by atoms with van der Waals surface area (Å²) in [7, 11) is 0. The molecule has 658 valence electrons. The summed E-state index contributed by atoms with van der Waals surface area (Å²) in [5.74, 6) is -20.1. The van der Waals surface area contributed by atoms with Gasteiger partial charge in [-0.15, -0.1) is 0 Å². The molecule has 9 amide bonds. The average molecular weight is 1670 g/mol. The van der Waals surface area contributed by atoms with Gasteiger partial charge in [-0.3, -0.25) is 86.7 Å². The zero-order chi connectivity index (χ0) is 88.3. The molecule has 3 fully saturated rings. The molecular formula is C83H126N16O20. The van der Waals surface area contributed by atoms with Gasteiger partial charge in [0, 0.05) is 95.3 Å². The van der Waals surface area contributed by atoms with E-state index in [-0.39, 0.29) is 177 Å². The van der Waals surface area contributed by atoms with Crippen LogP contribution in [0.25, 0.3) is 0 Å². The zero-order valence-electron chi connectivity index (χ0n) is 69.4. The van der Waals surface area contributed by atoms with Crippen molar-refractivity contribution in [3.63, 3.8) is 0 Å². The van der Waals surface area contributed by atoms with E-state index in [1.165, 1.54) is 46.2 Å². The second-order valence-corrected chi connectivity index (χ2v) is 32.6. The lowest BCUT2D eigenvalue weighted by Gasteiger charge is -2.31. The van der Waals surface area contributed by atoms with E-state index in [4.69, 9.17) is 34.4 Å². The van der Waals surface area contributed by atoms with Crippen LogP contribution in [0.4, 0.5) is 0 Å². The van der Waals surface area contributed by atoms with E-state index in [1.54, 1.807) is 32.9 Å². The number of carboxylic acid groups (broad SMARTS) is 2. The van der Waals surface area contributed by atoms with Crippen LogP contribution < -0.4 is 66.3 Å². The van der Waals surface area contributed by atoms with E-state index in [0.29, 0.717) is 30.4 Å². The molecule has 0 spiro atoms. The highest BCUT2D eigenvalue weighted by Crippen LogP contribution is 2.31. The van der Waals surface area contributed by atoms with Crippen molar-refractivity contribution in [1.82, 2.24) is 41.7 Å². The zero-order valence-corrected chi connectivity index (χ0v) is 69.4. The number of nitrogens with zero attached hydrogens (tertiary/aromatic N) is 4. The number of carbonyl (C=O) groups is 16. The van der Waals surface area contributed by atoms with Crippen molar-refractivity contribution in [2.45, 2.75) is 257 Å². The third kappa shape index (κ3) is 33.4. The van der Waals surface area contributed by atoms with Crippen molar-refractivity contribution in [3.8, 4) is 11.5 Å². The molecule has 2 unspecified atom stereocenters. The number of hydrogen-bond acceptors (Lipinski definition) is 21. The number of aliphatic imine (C=N–C) groups is 2. The topological polar surface area (TPSA) is 614 Å². The lowest BCUT2D eigenvalue weighted by atomic mass is 9.85. The molecule has 14 atom stereocenters. The Kier molecular flexibility index (Phi) is 41.0. The first-order valence-corrected chi connectivity index (χ1v) is 41.4. The lowest BCUT2D eigenvalue weighted by Crippen LogP contribution is -2.56. The smallest absolute Gasteiger partial charge is 0.306 e. The Morgan fingerprint density at radius 3 is 1.50 bits per heavy atom. The first-order chi connectivity index (χ1) is 56.3. The number of carbonyl (C=O) groups excluding carboxylic acids is 14. The first kappa shape index (κ1) is 98.6. The number of primary amides is 1. The fourth-order valence-corrected chi connectivity index (χ4v) is 15.4. The molecule has 119 heavy (non-hydrogen) atoms. The molecule has 0 radical (unpaired) electrons. The number of nitrogens with two attached hydrogens (primary N) is 6. The van der Waals surface area contributed by atoms with Crippen molar-refractivity contribution < 1.29 is 97.1 Å². The van der Waals surface area contributed by atoms with Crippen LogP contribution in [0.15, 0.2) is 58.5 Å². The molecule has 3 aliphatic rings. The number of guanidine groups is 2. The van der Waals surface area contributed by atoms with Crippen LogP contribution in [-0.2, 0) is 89.6 Å². The van der Waals surface area contributed by atoms with Crippen LogP contribution in [0.3, 0.4) is 0 Å². The molecule has 5 rings (SSSR count). The van der Waals surface area contributed by atoms with Gasteiger partial charge < -0.3 is 96.5 Å². The summed E-state index contributed by atoms with van der Waals surface area (Å²) in [5.41, 5.74) is 35.3. The minimum atomic E-state index is -1.67. The first-order valence-electron chi connectivity index (χ1n) is 41.4. The predicted molar refractivity (Wildman–Crippen MR) is 439 cm³/mol. The van der Waals surface area contributed by atoms with Crippen LogP contribution >= 0.6 is 0 Å². The number of aliphatic carboxylic acids is 2. The Morgan fingerprint density at radius 2 is 0.983 bits per heavy atom. The van der Waals surface area contributed by atoms with Gasteiger partial charge in [0.25, 0.3) is 0 Å². The van der Waals surface area contributed by atoms with E-state index < -0.39 is 217 Å². The van der Waals surface area contributed by atoms with E-state index in [9.17, 15) is 82.8 Å². The minimum Gasteiger partial charge on any atom is -0.508 e. The molecule has 3 heterocycles. The second-order valence-electron chi connectivity index (χ2n) is 32.6. The summed E-state index contributed by atoms with van der Waals surface area (Å²) in [4.78, 5) is 236. The number of benzene rings is 2. The predicted octanol–water partition coefficient (Wildman–Crippen LogP) is 1.64. The fraction of sp³-hybridized carbons (Fsp3) is 0.639. The van der Waals surface area contributed by atoms with Gasteiger partial charge in [0.1, 0.15) is 29.6 Å². The van der Waals surface area contributed by atoms with Crippen LogP contribution in [0.1, 0.15) is 207 Å². The molecule has 36 heteroatoms. The maximum Gasteiger partial charge on any atom is 0.306 e. The number of Topliss-reactive ketones (excluding diaryl/α,β-unsaturated/α-hetero) is 5. The molecular weight excluding hydrogens is 1540 g/mol. The molecule has 0 bridgehead atoms. The molecule has 36 nitrogen and oxygen atoms in total. The summed E-state index contributed by atoms with van der Waals surface area (Å²) in [6.07, 6.45) is -2.44. The molecule has 3 aliphatic heterocycles. The number of phenols is 2. The molecule has 0 aliphatic carbocycles. The highest BCUT2D eigenvalue weighted by atomic mass is 16.4. The number of rotatable bonds is 55. The highest BCUT2D eigenvalue weighted by Gasteiger charge is 2.44. The molecule has 22 N–H and O–H groups in total. The number of ketones is 5. The number of hydrogen-bond donors (Lipinski definition) is 16. The van der Waals surface area contributed by atoms with Gasteiger partial charge in [-0.2, -0.15) is 0 Å². The van der Waals surface area contributed by atoms with Gasteiger partial charge in [-0.1, -0.05) is 72.2 Å². The Balaban J connectivity index is 1.41. The Hall–Kier alpha value is -10.9. The largest absolute Gasteiger partial charge is 0.508 e. The summed E-state index contributed by atoms with van der Waals surface area (Å²) in [5, 5.41) is 56.4. The molecule has 2 aromatic rings. The van der Waals surface area contributed by atoms with Gasteiger partial charge in [0.15, 0.2) is 40.8 Å². The van der Waals surface area contributed by atoms with Crippen LogP contribution in [0.2, 0.25) is 0 Å². The molecule has 0 saturated carbocycles. The number of phenolic OH excluding ortho intramolecular Hbond substituents is 2. The number of amides is 9. The Morgan fingerprint density at radius 1 is 0.504 bits per heavy atom. The number of aromatic hydroxyl groups is 2. The molecule has 0 aromatic heterocycles. The van der Waals surface area contributed by atoms with Gasteiger partial charge in [-0.05, 0) is 169 Å². The maximum atomic E-state index is 15.2. The molecule has 3 saturated heterocycles. The van der Waals surface area contributed by atoms with Crippen molar-refractivity contribution in [2.75, 3.05) is 32.7 Å². The normalized spacial score (nSPS) is 17.9. The standard InChI is InChI=1S/C83H126N16O20/c1-7-48(6)73(69(106)44-55(81(118)119)36-46(2)3)97-76(113)53(39-50-21-25-57(101)26-22-50)43-68(105)63-17-12-34-98(63)79(116)51(14-10-32-90-82(86)87)40-65(102)58(16-11-33-91-83(88)89)94-78(115)64-18-13-35-99(64)80(117)61(15-8-9-31-84)95-75(112)54(45-70(85)107)42-66(103)59(28-30-72(109)110)93-74(111)52(38-49-19-23-56(100)24-20-49)41-67(104)62(37-47(4)5)96-77(114)60-27-29-71(108)92-60/h19-26,46-48,51-55,58-64,73,100-101H,7-18,27-45,84H2,1-6H3,(H2,85,107)(H,92,108)(H,93,111)(H,94,115)(H,95,112)(H,96,114)(H,97,113)(H,109,110)(H,118,119)(H4,86,87,90)(H4,88,89,91)/t48?,51-,52-,53-,54?,55-,58+,59+,60+,61+,62+,63+,64+,73+/m1/s1. The summed E-state index contributed by atoms with van der Waals surface area (Å²) in [6.45, 7) is 11.0. The summed E-state index contributed by atoms with van der Waals surface area (Å²) in [6, 6.07) is 1.64. The third-order valence-corrected chi connectivity index (χ3v) is 22.0. The quantitative estimate of drug-likeness (QED) is 0.0254. The number of nitrogens with one attached hydrogen (secondary N) is 6. The van der Waals surface area contributed by atoms with Crippen LogP contribution in [-0.4, -0.2) is 217 Å². The maximum absolute atomic E-state index is 15.2. The average Bonchev–Trinajstić information content (AvgIpc) is 1.71. The summed E-state index contributed by atoms with van der Waals surface area (Å²) >= 11 is 0. The Bertz CT molecular complexity index is 3900. The van der Waals surface area contributed by atoms with Gasteiger partial charge >= 0.3 is 11.9 Å². The molecule has 2 aromatic carbocycles. The van der Waals surface area contributed by atoms with Gasteiger partial charge in [-0.25, -0.2) is 0 Å². The number of carboxylic acids is 2. The van der Waals surface area contributed by atoms with E-state index >= 15 is 14.4 Å². The van der Waals surface area contributed by atoms with Gasteiger partial charge in [0.2, 0.25) is 53.2 Å². The fourth-order valence-electron chi connectivity index (χ4n) is 15.4. The highest BCUT2D eigenvalue weighted by molar-refractivity contribution is 6.01.